The average Bonchev–Trinajstić information content (AvgIpc) is 2.90. The number of nitrogens with zero attached hydrogens (tertiary/aromatic N) is 1. The van der Waals surface area contributed by atoms with Gasteiger partial charge in [0.15, 0.2) is 5.78 Å². The zero-order valence-electron chi connectivity index (χ0n) is 15.2. The molecule has 1 unspecified atom stereocenters. The number of allylic oxidation sites excluding steroid dienone is 2. The number of rotatable bonds is 3. The number of para-hydroxylation sites is 1. The first kappa shape index (κ1) is 17.3. The Hall–Kier alpha value is -3.14. The summed E-state index contributed by atoms with van der Waals surface area (Å²) in [7, 11) is 1.39. The van der Waals surface area contributed by atoms with Crippen molar-refractivity contribution in [3.8, 4) is 0 Å². The van der Waals surface area contributed by atoms with Crippen LogP contribution in [-0.4, -0.2) is 32.0 Å². The van der Waals surface area contributed by atoms with Gasteiger partial charge in [-0.05, 0) is 29.3 Å². The lowest BCUT2D eigenvalue weighted by Crippen LogP contribution is -2.31. The average molecular weight is 359 g/mol. The van der Waals surface area contributed by atoms with Crippen LogP contribution in [0.2, 0.25) is 0 Å². The van der Waals surface area contributed by atoms with Crippen LogP contribution in [0.25, 0.3) is 5.57 Å². The SMILES string of the molecule is COC(=O)C1=CC2=C(c3ccccc3)C(=O)CC2CN(c2ccccc2)C1. The summed E-state index contributed by atoms with van der Waals surface area (Å²) in [6, 6.07) is 19.7. The molecule has 2 aromatic rings. The highest BCUT2D eigenvalue weighted by molar-refractivity contribution is 6.24. The molecule has 136 valence electrons. The van der Waals surface area contributed by atoms with Gasteiger partial charge in [-0.15, -0.1) is 0 Å². The molecular weight excluding hydrogens is 338 g/mol. The molecular formula is C23H21NO3. The number of fused-ring (bicyclic) bond motifs is 1. The Balaban J connectivity index is 1.82. The van der Waals surface area contributed by atoms with Crippen LogP contribution in [0.5, 0.6) is 0 Å². The van der Waals surface area contributed by atoms with E-state index in [4.69, 9.17) is 4.74 Å². The van der Waals surface area contributed by atoms with Crippen molar-refractivity contribution in [3.05, 3.63) is 83.4 Å². The molecule has 4 heteroatoms. The number of carbonyl (C=O) groups excluding carboxylic acids is 2. The van der Waals surface area contributed by atoms with Crippen LogP contribution in [-0.2, 0) is 14.3 Å². The molecule has 1 aliphatic heterocycles. The van der Waals surface area contributed by atoms with Crippen LogP contribution in [0.1, 0.15) is 12.0 Å². The van der Waals surface area contributed by atoms with Gasteiger partial charge in [-0.3, -0.25) is 4.79 Å². The Labute approximate surface area is 158 Å². The second-order valence-corrected chi connectivity index (χ2v) is 6.90. The molecule has 2 aromatic carbocycles. The van der Waals surface area contributed by atoms with E-state index in [1.807, 2.05) is 66.7 Å². The first-order valence-electron chi connectivity index (χ1n) is 9.09. The van der Waals surface area contributed by atoms with Gasteiger partial charge in [0.25, 0.3) is 0 Å². The van der Waals surface area contributed by atoms with Gasteiger partial charge in [0.1, 0.15) is 0 Å². The summed E-state index contributed by atoms with van der Waals surface area (Å²) in [5.74, 6) is -0.150. The predicted molar refractivity (Wildman–Crippen MR) is 105 cm³/mol. The van der Waals surface area contributed by atoms with Crippen molar-refractivity contribution in [2.75, 3.05) is 25.1 Å². The van der Waals surface area contributed by atoms with Gasteiger partial charge < -0.3 is 9.64 Å². The summed E-state index contributed by atoms with van der Waals surface area (Å²) in [5, 5.41) is 0. The van der Waals surface area contributed by atoms with E-state index >= 15 is 0 Å². The maximum Gasteiger partial charge on any atom is 0.335 e. The summed E-state index contributed by atoms with van der Waals surface area (Å²) >= 11 is 0. The van der Waals surface area contributed by atoms with Gasteiger partial charge in [0.2, 0.25) is 0 Å². The van der Waals surface area contributed by atoms with Gasteiger partial charge in [-0.2, -0.15) is 0 Å². The van der Waals surface area contributed by atoms with Crippen molar-refractivity contribution in [1.82, 2.24) is 0 Å². The highest BCUT2D eigenvalue weighted by atomic mass is 16.5. The highest BCUT2D eigenvalue weighted by Crippen LogP contribution is 2.39. The molecule has 0 fully saturated rings. The van der Waals surface area contributed by atoms with Crippen molar-refractivity contribution < 1.29 is 14.3 Å². The third-order valence-corrected chi connectivity index (χ3v) is 5.20. The Bertz CT molecular complexity index is 929. The van der Waals surface area contributed by atoms with E-state index in [0.29, 0.717) is 25.1 Å². The van der Waals surface area contributed by atoms with E-state index in [2.05, 4.69) is 4.90 Å². The fourth-order valence-electron chi connectivity index (χ4n) is 3.95. The minimum absolute atomic E-state index is 0.0649. The molecule has 0 saturated carbocycles. The standard InChI is InChI=1S/C23H21NO3/c1-27-23(26)18-12-20-17(14-24(15-18)19-10-6-3-7-11-19)13-21(25)22(20)16-8-4-2-5-9-16/h2-12,17H,13-15H2,1H3. The fraction of sp³-hybridized carbons (Fsp3) is 0.217. The molecule has 0 radical (unpaired) electrons. The van der Waals surface area contributed by atoms with Gasteiger partial charge in [0.05, 0.1) is 19.2 Å². The molecule has 1 aliphatic carbocycles. The quantitative estimate of drug-likeness (QED) is 0.785. The zero-order valence-corrected chi connectivity index (χ0v) is 15.2. The number of benzene rings is 2. The lowest BCUT2D eigenvalue weighted by atomic mass is 9.96. The summed E-state index contributed by atoms with van der Waals surface area (Å²) in [6.07, 6.45) is 2.35. The topological polar surface area (TPSA) is 46.6 Å². The number of hydrogen-bond donors (Lipinski definition) is 0. The molecule has 4 rings (SSSR count). The van der Waals surface area contributed by atoms with E-state index in [1.54, 1.807) is 0 Å². The second-order valence-electron chi connectivity index (χ2n) is 6.90. The Morgan fingerprint density at radius 3 is 2.37 bits per heavy atom. The van der Waals surface area contributed by atoms with Crippen LogP contribution in [0.4, 0.5) is 5.69 Å². The Morgan fingerprint density at radius 1 is 1.04 bits per heavy atom. The van der Waals surface area contributed by atoms with Crippen LogP contribution in [0.3, 0.4) is 0 Å². The third-order valence-electron chi connectivity index (χ3n) is 5.20. The number of anilines is 1. The summed E-state index contributed by atoms with van der Waals surface area (Å²) < 4.78 is 5.00. The maximum atomic E-state index is 12.8. The minimum Gasteiger partial charge on any atom is -0.466 e. The van der Waals surface area contributed by atoms with E-state index in [0.717, 1.165) is 22.4 Å². The number of hydrogen-bond acceptors (Lipinski definition) is 4. The Kier molecular flexibility index (Phi) is 4.63. The molecule has 0 N–H and O–H groups in total. The van der Waals surface area contributed by atoms with Crippen LogP contribution in [0.15, 0.2) is 77.9 Å². The van der Waals surface area contributed by atoms with Crippen LogP contribution < -0.4 is 4.90 Å². The van der Waals surface area contributed by atoms with Crippen LogP contribution in [0, 0.1) is 5.92 Å². The first-order valence-corrected chi connectivity index (χ1v) is 9.09. The van der Waals surface area contributed by atoms with Crippen molar-refractivity contribution >= 4 is 23.0 Å². The Morgan fingerprint density at radius 2 is 1.70 bits per heavy atom. The maximum absolute atomic E-state index is 12.8. The van der Waals surface area contributed by atoms with E-state index in [1.165, 1.54) is 7.11 Å². The fourth-order valence-corrected chi connectivity index (χ4v) is 3.95. The molecule has 1 atom stereocenters. The van der Waals surface area contributed by atoms with Crippen molar-refractivity contribution in [2.45, 2.75) is 6.42 Å². The van der Waals surface area contributed by atoms with E-state index in [-0.39, 0.29) is 17.7 Å². The van der Waals surface area contributed by atoms with Gasteiger partial charge in [-0.25, -0.2) is 4.79 Å². The normalized spacial score (nSPS) is 19.4. The molecule has 27 heavy (non-hydrogen) atoms. The number of ketones is 1. The van der Waals surface area contributed by atoms with Crippen molar-refractivity contribution in [1.29, 1.82) is 0 Å². The predicted octanol–water partition coefficient (Wildman–Crippen LogP) is 3.65. The summed E-state index contributed by atoms with van der Waals surface area (Å²) in [4.78, 5) is 27.4. The molecule has 0 saturated heterocycles. The van der Waals surface area contributed by atoms with Crippen LogP contribution >= 0.6 is 0 Å². The second kappa shape index (κ2) is 7.23. The number of methoxy groups -OCH3 is 1. The van der Waals surface area contributed by atoms with Crippen molar-refractivity contribution in [3.63, 3.8) is 0 Å². The van der Waals surface area contributed by atoms with Gasteiger partial charge in [-0.1, -0.05) is 48.5 Å². The monoisotopic (exact) mass is 359 g/mol. The summed E-state index contributed by atoms with van der Waals surface area (Å²) in [6.45, 7) is 1.16. The minimum atomic E-state index is -0.351. The van der Waals surface area contributed by atoms with Crippen molar-refractivity contribution in [2.24, 2.45) is 5.92 Å². The van der Waals surface area contributed by atoms with E-state index in [9.17, 15) is 9.59 Å². The zero-order chi connectivity index (χ0) is 18.8. The van der Waals surface area contributed by atoms with Gasteiger partial charge >= 0.3 is 5.97 Å². The van der Waals surface area contributed by atoms with Gasteiger partial charge in [0, 0.05) is 30.1 Å². The molecule has 0 bridgehead atoms. The highest BCUT2D eigenvalue weighted by Gasteiger charge is 2.36. The molecule has 0 amide bonds. The lowest BCUT2D eigenvalue weighted by Gasteiger charge is -2.26. The first-order chi connectivity index (χ1) is 13.2. The number of ether oxygens (including phenoxy) is 1. The van der Waals surface area contributed by atoms with E-state index < -0.39 is 0 Å². The molecule has 1 heterocycles. The molecule has 2 aliphatic rings. The third kappa shape index (κ3) is 3.31. The summed E-state index contributed by atoms with van der Waals surface area (Å²) in [5.41, 5.74) is 4.20. The largest absolute Gasteiger partial charge is 0.466 e. The molecule has 0 spiro atoms. The smallest absolute Gasteiger partial charge is 0.335 e. The number of carbonyl (C=O) groups is 2. The molecule has 0 aromatic heterocycles. The molecule has 4 nitrogen and oxygen atoms in total. The lowest BCUT2D eigenvalue weighted by molar-refractivity contribution is -0.136. The number of Topliss-reactive ketones (excluding diaryl/α,β-unsaturated/α-hetero) is 1. The number of esters is 1.